The van der Waals surface area contributed by atoms with Gasteiger partial charge in [-0.2, -0.15) is 0 Å². The van der Waals surface area contributed by atoms with Crippen LogP contribution >= 0.6 is 0 Å². The molecule has 0 atom stereocenters. The van der Waals surface area contributed by atoms with E-state index in [1.807, 2.05) is 24.3 Å². The summed E-state index contributed by atoms with van der Waals surface area (Å²) in [4.78, 5) is 20.2. The minimum atomic E-state index is 0.145. The second-order valence-corrected chi connectivity index (χ2v) is 4.21. The van der Waals surface area contributed by atoms with Crippen molar-refractivity contribution in [3.63, 3.8) is 0 Å². The zero-order valence-corrected chi connectivity index (χ0v) is 10.0. The number of methoxy groups -OCH3 is 1. The molecule has 0 fully saturated rings. The summed E-state index contributed by atoms with van der Waals surface area (Å²) < 4.78 is 5.11. The molecule has 4 heteroatoms. The Kier molecular flexibility index (Phi) is 2.55. The fraction of sp³-hybridized carbons (Fsp3) is 0.214. The SMILES string of the molecule is COc1ccc(-c2ncc3c(n2)CCC3=O)cc1. The number of Topliss-reactive ketones (excluding diaryl/α,β-unsaturated/α-hetero) is 1. The molecule has 90 valence electrons. The van der Waals surface area contributed by atoms with Crippen LogP contribution in [-0.2, 0) is 6.42 Å². The lowest BCUT2D eigenvalue weighted by Gasteiger charge is -2.04. The Hall–Kier alpha value is -2.23. The van der Waals surface area contributed by atoms with Gasteiger partial charge < -0.3 is 4.74 Å². The summed E-state index contributed by atoms with van der Waals surface area (Å²) in [5.74, 6) is 1.60. The summed E-state index contributed by atoms with van der Waals surface area (Å²) in [6.45, 7) is 0. The van der Waals surface area contributed by atoms with Gasteiger partial charge in [0, 0.05) is 18.2 Å². The topological polar surface area (TPSA) is 52.1 Å². The van der Waals surface area contributed by atoms with E-state index in [1.54, 1.807) is 13.3 Å². The van der Waals surface area contributed by atoms with E-state index < -0.39 is 0 Å². The maximum Gasteiger partial charge on any atom is 0.166 e. The molecular formula is C14H12N2O2. The highest BCUT2D eigenvalue weighted by Crippen LogP contribution is 2.24. The molecule has 0 aliphatic heterocycles. The van der Waals surface area contributed by atoms with Gasteiger partial charge in [-0.25, -0.2) is 9.97 Å². The second-order valence-electron chi connectivity index (χ2n) is 4.21. The molecule has 0 N–H and O–H groups in total. The van der Waals surface area contributed by atoms with Gasteiger partial charge in [0.1, 0.15) is 5.75 Å². The van der Waals surface area contributed by atoms with Gasteiger partial charge in [0.05, 0.1) is 18.4 Å². The molecule has 0 radical (unpaired) electrons. The van der Waals surface area contributed by atoms with E-state index in [0.717, 1.165) is 23.4 Å². The summed E-state index contributed by atoms with van der Waals surface area (Å²) in [6, 6.07) is 7.57. The van der Waals surface area contributed by atoms with Crippen LogP contribution in [-0.4, -0.2) is 22.9 Å². The molecule has 0 saturated carbocycles. The Balaban J connectivity index is 1.99. The second kappa shape index (κ2) is 4.22. The number of benzene rings is 1. The van der Waals surface area contributed by atoms with Crippen LogP contribution in [0.2, 0.25) is 0 Å². The summed E-state index contributed by atoms with van der Waals surface area (Å²) in [5, 5.41) is 0. The number of carbonyl (C=O) groups is 1. The zero-order valence-electron chi connectivity index (χ0n) is 10.0. The van der Waals surface area contributed by atoms with Crippen LogP contribution in [0.3, 0.4) is 0 Å². The molecule has 1 aliphatic carbocycles. The Morgan fingerprint density at radius 3 is 2.67 bits per heavy atom. The molecule has 0 bridgehead atoms. The maximum atomic E-state index is 11.5. The molecule has 1 heterocycles. The van der Waals surface area contributed by atoms with Gasteiger partial charge in [-0.3, -0.25) is 4.79 Å². The number of fused-ring (bicyclic) bond motifs is 1. The molecule has 4 nitrogen and oxygen atoms in total. The fourth-order valence-corrected chi connectivity index (χ4v) is 2.09. The van der Waals surface area contributed by atoms with E-state index in [0.29, 0.717) is 17.8 Å². The van der Waals surface area contributed by atoms with E-state index in [4.69, 9.17) is 4.74 Å². The predicted octanol–water partition coefficient (Wildman–Crippen LogP) is 2.28. The monoisotopic (exact) mass is 240 g/mol. The van der Waals surface area contributed by atoms with E-state index in [9.17, 15) is 4.79 Å². The lowest BCUT2D eigenvalue weighted by molar-refractivity contribution is 0.0994. The highest BCUT2D eigenvalue weighted by Gasteiger charge is 2.21. The first kappa shape index (κ1) is 10.9. The van der Waals surface area contributed by atoms with Crippen LogP contribution < -0.4 is 4.74 Å². The number of aromatic nitrogens is 2. The van der Waals surface area contributed by atoms with Crippen molar-refractivity contribution in [2.24, 2.45) is 0 Å². The predicted molar refractivity (Wildman–Crippen MR) is 66.7 cm³/mol. The van der Waals surface area contributed by atoms with Gasteiger partial charge in [-0.1, -0.05) is 0 Å². The van der Waals surface area contributed by atoms with Gasteiger partial charge in [-0.05, 0) is 30.7 Å². The molecule has 18 heavy (non-hydrogen) atoms. The first-order chi connectivity index (χ1) is 8.78. The van der Waals surface area contributed by atoms with Crippen LogP contribution in [0.5, 0.6) is 5.75 Å². The number of aryl methyl sites for hydroxylation is 1. The number of ketones is 1. The number of ether oxygens (including phenoxy) is 1. The summed E-state index contributed by atoms with van der Waals surface area (Å²) in [5.41, 5.74) is 2.46. The molecule has 1 aromatic heterocycles. The zero-order chi connectivity index (χ0) is 12.5. The van der Waals surface area contributed by atoms with Gasteiger partial charge in [0.2, 0.25) is 0 Å². The van der Waals surface area contributed by atoms with Crippen LogP contribution in [0.25, 0.3) is 11.4 Å². The molecule has 0 spiro atoms. The molecule has 0 unspecified atom stereocenters. The lowest BCUT2D eigenvalue weighted by atomic mass is 10.2. The standard InChI is InChI=1S/C14H12N2O2/c1-18-10-4-2-9(3-5-10)14-15-8-11-12(16-14)6-7-13(11)17/h2-5,8H,6-7H2,1H3. The number of hydrogen-bond acceptors (Lipinski definition) is 4. The van der Waals surface area contributed by atoms with Crippen molar-refractivity contribution in [2.45, 2.75) is 12.8 Å². The number of rotatable bonds is 2. The molecule has 1 aliphatic rings. The number of hydrogen-bond donors (Lipinski definition) is 0. The van der Waals surface area contributed by atoms with Crippen molar-refractivity contribution in [3.05, 3.63) is 41.7 Å². The van der Waals surface area contributed by atoms with Crippen molar-refractivity contribution in [1.29, 1.82) is 0 Å². The minimum absolute atomic E-state index is 0.145. The third kappa shape index (κ3) is 1.76. The highest BCUT2D eigenvalue weighted by atomic mass is 16.5. The molecule has 2 aromatic rings. The Bertz CT molecular complexity index is 606. The third-order valence-corrected chi connectivity index (χ3v) is 3.11. The third-order valence-electron chi connectivity index (χ3n) is 3.11. The van der Waals surface area contributed by atoms with E-state index in [1.165, 1.54) is 0 Å². The largest absolute Gasteiger partial charge is 0.497 e. The van der Waals surface area contributed by atoms with Crippen molar-refractivity contribution in [2.75, 3.05) is 7.11 Å². The first-order valence-corrected chi connectivity index (χ1v) is 5.81. The fourth-order valence-electron chi connectivity index (χ4n) is 2.09. The Morgan fingerprint density at radius 2 is 1.94 bits per heavy atom. The molecular weight excluding hydrogens is 228 g/mol. The van der Waals surface area contributed by atoms with Gasteiger partial charge in [-0.15, -0.1) is 0 Å². The van der Waals surface area contributed by atoms with E-state index in [2.05, 4.69) is 9.97 Å². The van der Waals surface area contributed by atoms with Gasteiger partial charge in [0.15, 0.2) is 11.6 Å². The quantitative estimate of drug-likeness (QED) is 0.808. The Labute approximate surface area is 105 Å². The summed E-state index contributed by atoms with van der Waals surface area (Å²) >= 11 is 0. The van der Waals surface area contributed by atoms with Crippen LogP contribution in [0.15, 0.2) is 30.5 Å². The molecule has 0 saturated heterocycles. The lowest BCUT2D eigenvalue weighted by Crippen LogP contribution is -1.97. The summed E-state index contributed by atoms with van der Waals surface area (Å²) in [7, 11) is 1.63. The van der Waals surface area contributed by atoms with Gasteiger partial charge in [0.25, 0.3) is 0 Å². The summed E-state index contributed by atoms with van der Waals surface area (Å²) in [6.07, 6.45) is 2.91. The van der Waals surface area contributed by atoms with E-state index >= 15 is 0 Å². The average molecular weight is 240 g/mol. The van der Waals surface area contributed by atoms with Crippen molar-refractivity contribution in [1.82, 2.24) is 9.97 Å². The van der Waals surface area contributed by atoms with Crippen LogP contribution in [0.1, 0.15) is 22.5 Å². The van der Waals surface area contributed by atoms with Crippen molar-refractivity contribution < 1.29 is 9.53 Å². The normalized spacial score (nSPS) is 13.5. The van der Waals surface area contributed by atoms with Crippen molar-refractivity contribution in [3.8, 4) is 17.1 Å². The minimum Gasteiger partial charge on any atom is -0.497 e. The van der Waals surface area contributed by atoms with Crippen LogP contribution in [0.4, 0.5) is 0 Å². The maximum absolute atomic E-state index is 11.5. The Morgan fingerprint density at radius 1 is 1.17 bits per heavy atom. The molecule has 0 amide bonds. The van der Waals surface area contributed by atoms with E-state index in [-0.39, 0.29) is 5.78 Å². The van der Waals surface area contributed by atoms with Crippen LogP contribution in [0, 0.1) is 0 Å². The molecule has 3 rings (SSSR count). The van der Waals surface area contributed by atoms with Gasteiger partial charge >= 0.3 is 0 Å². The molecule has 1 aromatic carbocycles. The van der Waals surface area contributed by atoms with Crippen molar-refractivity contribution >= 4 is 5.78 Å². The smallest absolute Gasteiger partial charge is 0.166 e. The number of carbonyl (C=O) groups excluding carboxylic acids is 1. The first-order valence-electron chi connectivity index (χ1n) is 5.81. The number of nitrogens with zero attached hydrogens (tertiary/aromatic N) is 2. The highest BCUT2D eigenvalue weighted by molar-refractivity contribution is 5.99. The average Bonchev–Trinajstić information content (AvgIpc) is 2.80.